The summed E-state index contributed by atoms with van der Waals surface area (Å²) in [5, 5.41) is 6.25. The fourth-order valence-corrected chi connectivity index (χ4v) is 4.89. The number of benzene rings is 1. The Bertz CT molecular complexity index is 750. The molecule has 3 rings (SSSR count). The summed E-state index contributed by atoms with van der Waals surface area (Å²) in [5.41, 5.74) is 2.98. The molecule has 4 nitrogen and oxygen atoms in total. The van der Waals surface area contributed by atoms with Crippen molar-refractivity contribution < 1.29 is 4.79 Å². The SMILES string of the molecule is CCCCCCCC(=O)Nc1ccc(-c2csc(N(C)C3CCCCC3)n2)cc1. The van der Waals surface area contributed by atoms with E-state index in [1.54, 1.807) is 11.3 Å². The van der Waals surface area contributed by atoms with Gasteiger partial charge in [0.25, 0.3) is 0 Å². The largest absolute Gasteiger partial charge is 0.348 e. The predicted octanol–water partition coefficient (Wildman–Crippen LogP) is 6.88. The number of rotatable bonds is 10. The zero-order valence-electron chi connectivity index (χ0n) is 18.0. The van der Waals surface area contributed by atoms with Gasteiger partial charge < -0.3 is 10.2 Å². The van der Waals surface area contributed by atoms with Gasteiger partial charge in [-0.05, 0) is 31.4 Å². The maximum Gasteiger partial charge on any atom is 0.224 e. The first-order chi connectivity index (χ1) is 14.2. The molecule has 1 amide bonds. The lowest BCUT2D eigenvalue weighted by Gasteiger charge is -2.30. The van der Waals surface area contributed by atoms with Gasteiger partial charge in [-0.3, -0.25) is 4.79 Å². The molecule has 158 valence electrons. The minimum absolute atomic E-state index is 0.110. The monoisotopic (exact) mass is 413 g/mol. The van der Waals surface area contributed by atoms with E-state index in [-0.39, 0.29) is 5.91 Å². The molecule has 1 aliphatic rings. The van der Waals surface area contributed by atoms with Crippen LogP contribution >= 0.6 is 11.3 Å². The molecular formula is C24H35N3OS. The van der Waals surface area contributed by atoms with E-state index >= 15 is 0 Å². The van der Waals surface area contributed by atoms with Crippen molar-refractivity contribution in [3.05, 3.63) is 29.6 Å². The van der Waals surface area contributed by atoms with Crippen LogP contribution in [0.3, 0.4) is 0 Å². The van der Waals surface area contributed by atoms with Crippen LogP contribution in [0.4, 0.5) is 10.8 Å². The van der Waals surface area contributed by atoms with Crippen molar-refractivity contribution >= 4 is 28.1 Å². The van der Waals surface area contributed by atoms with Crippen LogP contribution in [-0.2, 0) is 4.79 Å². The fourth-order valence-electron chi connectivity index (χ4n) is 4.02. The first-order valence-corrected chi connectivity index (χ1v) is 12.1. The van der Waals surface area contributed by atoms with Crippen molar-refractivity contribution in [3.63, 3.8) is 0 Å². The third-order valence-electron chi connectivity index (χ3n) is 5.89. The van der Waals surface area contributed by atoms with Gasteiger partial charge in [0.05, 0.1) is 5.69 Å². The molecule has 0 bridgehead atoms. The number of hydrogen-bond acceptors (Lipinski definition) is 4. The summed E-state index contributed by atoms with van der Waals surface area (Å²) in [5.74, 6) is 0.110. The van der Waals surface area contributed by atoms with Crippen LogP contribution in [0.5, 0.6) is 0 Å². The molecule has 1 fully saturated rings. The fraction of sp³-hybridized carbons (Fsp3) is 0.583. The minimum Gasteiger partial charge on any atom is -0.348 e. The molecule has 1 aromatic carbocycles. The second-order valence-electron chi connectivity index (χ2n) is 8.21. The van der Waals surface area contributed by atoms with Crippen LogP contribution < -0.4 is 10.2 Å². The van der Waals surface area contributed by atoms with Crippen molar-refractivity contribution in [2.45, 2.75) is 83.6 Å². The molecule has 29 heavy (non-hydrogen) atoms. The number of carbonyl (C=O) groups excluding carboxylic acids is 1. The molecule has 0 radical (unpaired) electrons. The van der Waals surface area contributed by atoms with E-state index in [9.17, 15) is 4.79 Å². The molecule has 1 heterocycles. The van der Waals surface area contributed by atoms with E-state index in [1.807, 2.05) is 12.1 Å². The number of nitrogens with zero attached hydrogens (tertiary/aromatic N) is 2. The Labute approximate surface area is 179 Å². The van der Waals surface area contributed by atoms with E-state index in [4.69, 9.17) is 4.98 Å². The Hall–Kier alpha value is -1.88. The quantitative estimate of drug-likeness (QED) is 0.432. The van der Waals surface area contributed by atoms with E-state index in [0.717, 1.165) is 34.9 Å². The second kappa shape index (κ2) is 11.3. The summed E-state index contributed by atoms with van der Waals surface area (Å²) in [7, 11) is 2.18. The summed E-state index contributed by atoms with van der Waals surface area (Å²) in [4.78, 5) is 19.3. The van der Waals surface area contributed by atoms with Gasteiger partial charge in [0, 0.05) is 36.1 Å². The van der Waals surface area contributed by atoms with E-state index < -0.39 is 0 Å². The van der Waals surface area contributed by atoms with E-state index in [1.165, 1.54) is 51.4 Å². The van der Waals surface area contributed by atoms with Gasteiger partial charge >= 0.3 is 0 Å². The van der Waals surface area contributed by atoms with Crippen LogP contribution in [0.25, 0.3) is 11.3 Å². The lowest BCUT2D eigenvalue weighted by molar-refractivity contribution is -0.116. The Balaban J connectivity index is 1.51. The third kappa shape index (κ3) is 6.56. The summed E-state index contributed by atoms with van der Waals surface area (Å²) in [6.45, 7) is 2.21. The van der Waals surface area contributed by atoms with Crippen molar-refractivity contribution in [2.24, 2.45) is 0 Å². The van der Waals surface area contributed by atoms with Crippen molar-refractivity contribution in [3.8, 4) is 11.3 Å². The highest BCUT2D eigenvalue weighted by atomic mass is 32.1. The van der Waals surface area contributed by atoms with Crippen LogP contribution in [0.2, 0.25) is 0 Å². The number of aromatic nitrogens is 1. The van der Waals surface area contributed by atoms with Crippen molar-refractivity contribution in [2.75, 3.05) is 17.3 Å². The lowest BCUT2D eigenvalue weighted by atomic mass is 9.95. The van der Waals surface area contributed by atoms with E-state index in [2.05, 4.69) is 41.7 Å². The number of amides is 1. The zero-order chi connectivity index (χ0) is 20.5. The highest BCUT2D eigenvalue weighted by molar-refractivity contribution is 7.14. The maximum absolute atomic E-state index is 12.1. The smallest absolute Gasteiger partial charge is 0.224 e. The standard InChI is InChI=1S/C24H35N3OS/c1-3-4-5-6-10-13-23(28)25-20-16-14-19(15-17-20)22-18-29-24(26-22)27(2)21-11-8-7-9-12-21/h14-18,21H,3-13H2,1-2H3,(H,25,28). The molecule has 0 atom stereocenters. The highest BCUT2D eigenvalue weighted by Crippen LogP contribution is 2.31. The number of nitrogens with one attached hydrogen (secondary N) is 1. The number of carbonyl (C=O) groups is 1. The van der Waals surface area contributed by atoms with Gasteiger partial charge in [0.1, 0.15) is 0 Å². The van der Waals surface area contributed by atoms with Crippen LogP contribution in [-0.4, -0.2) is 24.0 Å². The topological polar surface area (TPSA) is 45.2 Å². The molecular weight excluding hydrogens is 378 g/mol. The summed E-state index contributed by atoms with van der Waals surface area (Å²) in [6.07, 6.45) is 13.0. The van der Waals surface area contributed by atoms with Gasteiger partial charge in [0.15, 0.2) is 5.13 Å². The number of hydrogen-bond donors (Lipinski definition) is 1. The molecule has 0 unspecified atom stereocenters. The van der Waals surface area contributed by atoms with E-state index in [0.29, 0.717) is 12.5 Å². The summed E-state index contributed by atoms with van der Waals surface area (Å²) < 4.78 is 0. The van der Waals surface area contributed by atoms with Crippen molar-refractivity contribution in [1.29, 1.82) is 0 Å². The number of anilines is 2. The van der Waals surface area contributed by atoms with Gasteiger partial charge in [0.2, 0.25) is 5.91 Å². The van der Waals surface area contributed by atoms with Gasteiger partial charge in [-0.2, -0.15) is 0 Å². The lowest BCUT2D eigenvalue weighted by Crippen LogP contribution is -2.33. The normalized spacial score (nSPS) is 14.7. The molecule has 1 aliphatic carbocycles. The van der Waals surface area contributed by atoms with Crippen LogP contribution in [0, 0.1) is 0 Å². The minimum atomic E-state index is 0.110. The number of thiazole rings is 1. The Morgan fingerprint density at radius 3 is 2.55 bits per heavy atom. The van der Waals surface area contributed by atoms with Gasteiger partial charge in [-0.15, -0.1) is 11.3 Å². The predicted molar refractivity (Wildman–Crippen MR) is 125 cm³/mol. The maximum atomic E-state index is 12.1. The second-order valence-corrected chi connectivity index (χ2v) is 9.04. The van der Waals surface area contributed by atoms with Crippen LogP contribution in [0.1, 0.15) is 77.6 Å². The molecule has 0 aliphatic heterocycles. The van der Waals surface area contributed by atoms with Crippen LogP contribution in [0.15, 0.2) is 29.6 Å². The summed E-state index contributed by atoms with van der Waals surface area (Å²) >= 11 is 1.72. The molecule has 2 aromatic rings. The average Bonchev–Trinajstić information content (AvgIpc) is 3.24. The van der Waals surface area contributed by atoms with Gasteiger partial charge in [-0.25, -0.2) is 4.98 Å². The molecule has 1 N–H and O–H groups in total. The third-order valence-corrected chi connectivity index (χ3v) is 6.82. The first-order valence-electron chi connectivity index (χ1n) is 11.3. The van der Waals surface area contributed by atoms with Crippen molar-refractivity contribution in [1.82, 2.24) is 4.98 Å². The Kier molecular flexibility index (Phi) is 8.53. The zero-order valence-corrected chi connectivity index (χ0v) is 18.8. The Morgan fingerprint density at radius 1 is 1.10 bits per heavy atom. The average molecular weight is 414 g/mol. The summed E-state index contributed by atoms with van der Waals surface area (Å²) in [6, 6.07) is 8.69. The molecule has 0 saturated heterocycles. The molecule has 5 heteroatoms. The van der Waals surface area contributed by atoms with Gasteiger partial charge in [-0.1, -0.05) is 64.0 Å². The highest BCUT2D eigenvalue weighted by Gasteiger charge is 2.20. The Morgan fingerprint density at radius 2 is 1.83 bits per heavy atom. The molecule has 1 saturated carbocycles. The first kappa shape index (κ1) is 21.8. The molecule has 0 spiro atoms. The number of unbranched alkanes of at least 4 members (excludes halogenated alkanes) is 4. The molecule has 1 aromatic heterocycles.